The molecule has 1 N–H and O–H groups in total. The summed E-state index contributed by atoms with van der Waals surface area (Å²) in [6.07, 6.45) is 9.44. The minimum atomic E-state index is -0.227. The van der Waals surface area contributed by atoms with Crippen molar-refractivity contribution >= 4 is 6.29 Å². The van der Waals surface area contributed by atoms with Crippen molar-refractivity contribution in [1.29, 1.82) is 0 Å². The quantitative estimate of drug-likeness (QED) is 0.397. The molecule has 6 unspecified atom stereocenters. The molecule has 1 aliphatic heterocycles. The zero-order valence-electron chi connectivity index (χ0n) is 21.9. The molecule has 0 bridgehead atoms. The van der Waals surface area contributed by atoms with E-state index in [1.807, 2.05) is 12.1 Å². The molecule has 6 atom stereocenters. The van der Waals surface area contributed by atoms with Crippen molar-refractivity contribution in [3.05, 3.63) is 46.5 Å². The summed E-state index contributed by atoms with van der Waals surface area (Å²) in [7, 11) is 0. The number of carbonyl (C=O) groups is 1. The van der Waals surface area contributed by atoms with E-state index < -0.39 is 0 Å². The molecule has 0 radical (unpaired) electrons. The molecule has 4 heteroatoms. The smallest absolute Gasteiger partial charge is 0.150 e. The maximum Gasteiger partial charge on any atom is 0.150 e. The number of allylic oxidation sites excluding steroid dienone is 2. The Bertz CT molecular complexity index is 949. The Morgan fingerprint density at radius 2 is 1.80 bits per heavy atom. The van der Waals surface area contributed by atoms with Crippen molar-refractivity contribution in [3.8, 4) is 0 Å². The predicted molar refractivity (Wildman–Crippen MR) is 139 cm³/mol. The van der Waals surface area contributed by atoms with Crippen LogP contribution in [-0.2, 0) is 9.47 Å². The molecular weight excluding hydrogens is 436 g/mol. The van der Waals surface area contributed by atoms with Gasteiger partial charge in [0.15, 0.2) is 0 Å². The van der Waals surface area contributed by atoms with Crippen LogP contribution < -0.4 is 0 Å². The molecule has 192 valence electrons. The lowest BCUT2D eigenvalue weighted by Gasteiger charge is -2.52. The van der Waals surface area contributed by atoms with Crippen LogP contribution in [0, 0.1) is 28.6 Å². The van der Waals surface area contributed by atoms with Crippen molar-refractivity contribution in [2.24, 2.45) is 28.6 Å². The fourth-order valence-electron chi connectivity index (χ4n) is 7.97. The molecular formula is C31H44O4. The van der Waals surface area contributed by atoms with Gasteiger partial charge in [-0.15, -0.1) is 0 Å². The van der Waals surface area contributed by atoms with Gasteiger partial charge in [0.2, 0.25) is 0 Å². The fraction of sp³-hybridized carbons (Fsp3) is 0.710. The van der Waals surface area contributed by atoms with Gasteiger partial charge in [0.05, 0.1) is 19.3 Å². The van der Waals surface area contributed by atoms with Crippen LogP contribution in [0.3, 0.4) is 0 Å². The summed E-state index contributed by atoms with van der Waals surface area (Å²) < 4.78 is 12.3. The highest BCUT2D eigenvalue weighted by Gasteiger charge is 2.56. The maximum absolute atomic E-state index is 11.6. The van der Waals surface area contributed by atoms with Crippen molar-refractivity contribution in [2.45, 2.75) is 84.2 Å². The van der Waals surface area contributed by atoms with Crippen LogP contribution >= 0.6 is 0 Å². The molecule has 2 saturated carbocycles. The van der Waals surface area contributed by atoms with Gasteiger partial charge < -0.3 is 14.6 Å². The van der Waals surface area contributed by atoms with Crippen molar-refractivity contribution in [3.63, 3.8) is 0 Å². The number of hydrogen-bond acceptors (Lipinski definition) is 4. The molecule has 1 aromatic rings. The Morgan fingerprint density at radius 1 is 1.00 bits per heavy atom. The van der Waals surface area contributed by atoms with E-state index in [-0.39, 0.29) is 22.9 Å². The predicted octanol–water partition coefficient (Wildman–Crippen LogP) is 6.33. The lowest BCUT2D eigenvalue weighted by atomic mass is 9.52. The first-order valence-electron chi connectivity index (χ1n) is 13.9. The van der Waals surface area contributed by atoms with E-state index in [1.54, 1.807) is 11.1 Å². The number of ether oxygens (including phenoxy) is 2. The second kappa shape index (κ2) is 10.1. The number of benzene rings is 1. The van der Waals surface area contributed by atoms with E-state index in [2.05, 4.69) is 32.9 Å². The molecule has 3 fully saturated rings. The number of aldehydes is 1. The Kier molecular flexibility index (Phi) is 7.27. The van der Waals surface area contributed by atoms with Gasteiger partial charge in [-0.25, -0.2) is 0 Å². The summed E-state index contributed by atoms with van der Waals surface area (Å²) in [6.45, 7) is 9.88. The highest BCUT2D eigenvalue weighted by Crippen LogP contribution is 2.63. The van der Waals surface area contributed by atoms with Crippen LogP contribution in [0.2, 0.25) is 0 Å². The van der Waals surface area contributed by atoms with Crippen LogP contribution in [0.25, 0.3) is 0 Å². The molecule has 35 heavy (non-hydrogen) atoms. The lowest BCUT2D eigenvalue weighted by molar-refractivity contribution is -0.0144. The second-order valence-corrected chi connectivity index (χ2v) is 12.8. The van der Waals surface area contributed by atoms with E-state index in [9.17, 15) is 9.90 Å². The number of aliphatic hydroxyl groups is 1. The zero-order valence-corrected chi connectivity index (χ0v) is 21.9. The van der Waals surface area contributed by atoms with Gasteiger partial charge in [-0.05, 0) is 86.2 Å². The summed E-state index contributed by atoms with van der Waals surface area (Å²) in [5, 5.41) is 11.1. The van der Waals surface area contributed by atoms with Crippen LogP contribution in [0.4, 0.5) is 0 Å². The zero-order chi connectivity index (χ0) is 24.6. The molecule has 0 spiro atoms. The van der Waals surface area contributed by atoms with Gasteiger partial charge in [-0.2, -0.15) is 0 Å². The van der Waals surface area contributed by atoms with Gasteiger partial charge in [0.25, 0.3) is 0 Å². The maximum atomic E-state index is 11.6. The minimum Gasteiger partial charge on any atom is -0.393 e. The van der Waals surface area contributed by atoms with Crippen LogP contribution in [0.1, 0.15) is 94.0 Å². The lowest BCUT2D eigenvalue weighted by Crippen LogP contribution is -2.45. The first kappa shape index (κ1) is 25.2. The highest BCUT2D eigenvalue weighted by atomic mass is 16.5. The number of hydrogen-bond donors (Lipinski definition) is 1. The molecule has 4 nitrogen and oxygen atoms in total. The fourth-order valence-corrected chi connectivity index (χ4v) is 7.97. The van der Waals surface area contributed by atoms with E-state index >= 15 is 0 Å². The SMILES string of the molecule is CC1(C)COCCCC2=C3C(c4cccc(C=O)c4)CC4(C)C(O)CCC4C3CCC2CCOC1. The first-order valence-corrected chi connectivity index (χ1v) is 13.9. The Hall–Kier alpha value is -1.49. The average molecular weight is 481 g/mol. The molecule has 1 saturated heterocycles. The van der Waals surface area contributed by atoms with Crippen LogP contribution in [0.15, 0.2) is 35.4 Å². The normalized spacial score (nSPS) is 37.9. The topological polar surface area (TPSA) is 55.8 Å². The molecule has 0 aromatic heterocycles. The molecule has 1 aromatic carbocycles. The second-order valence-electron chi connectivity index (χ2n) is 12.8. The van der Waals surface area contributed by atoms with Gasteiger partial charge in [0, 0.05) is 30.1 Å². The van der Waals surface area contributed by atoms with Gasteiger partial charge in [-0.3, -0.25) is 4.79 Å². The average Bonchev–Trinajstić information content (AvgIpc) is 3.15. The largest absolute Gasteiger partial charge is 0.393 e. The van der Waals surface area contributed by atoms with E-state index in [4.69, 9.17) is 9.47 Å². The standard InChI is InChI=1S/C31H44O4/c1-30(2)19-34-14-5-8-24-22(13-15-35-20-30)9-10-25-27-11-12-28(33)31(27,3)17-26(29(24)25)23-7-4-6-21(16-23)18-32/h4,6-7,16,18,22,25-28,33H,5,8-15,17,19-20H2,1-3H3. The Morgan fingerprint density at radius 3 is 2.60 bits per heavy atom. The van der Waals surface area contributed by atoms with Gasteiger partial charge in [-0.1, -0.05) is 50.1 Å². The highest BCUT2D eigenvalue weighted by molar-refractivity contribution is 5.75. The Balaban J connectivity index is 1.55. The van der Waals surface area contributed by atoms with E-state index in [0.29, 0.717) is 17.8 Å². The summed E-state index contributed by atoms with van der Waals surface area (Å²) in [5.41, 5.74) is 5.31. The van der Waals surface area contributed by atoms with Gasteiger partial charge in [0.1, 0.15) is 6.29 Å². The van der Waals surface area contributed by atoms with Crippen LogP contribution in [0.5, 0.6) is 0 Å². The third-order valence-corrected chi connectivity index (χ3v) is 9.73. The van der Waals surface area contributed by atoms with E-state index in [0.717, 1.165) is 76.8 Å². The third-order valence-electron chi connectivity index (χ3n) is 9.73. The van der Waals surface area contributed by atoms with Crippen molar-refractivity contribution in [1.82, 2.24) is 0 Å². The van der Waals surface area contributed by atoms with E-state index in [1.165, 1.54) is 18.4 Å². The molecule has 0 amide bonds. The molecule has 5 rings (SSSR count). The molecule has 1 heterocycles. The summed E-state index contributed by atoms with van der Waals surface area (Å²) >= 11 is 0. The number of fused-ring (bicyclic) bond motifs is 4. The summed E-state index contributed by atoms with van der Waals surface area (Å²) in [5.74, 6) is 1.94. The van der Waals surface area contributed by atoms with Crippen LogP contribution in [-0.4, -0.2) is 43.9 Å². The summed E-state index contributed by atoms with van der Waals surface area (Å²) in [6, 6.07) is 8.24. The number of rotatable bonds is 2. The van der Waals surface area contributed by atoms with Gasteiger partial charge >= 0.3 is 0 Å². The summed E-state index contributed by atoms with van der Waals surface area (Å²) in [4.78, 5) is 11.6. The molecule has 3 aliphatic carbocycles. The Labute approximate surface area is 211 Å². The van der Waals surface area contributed by atoms with Crippen molar-refractivity contribution in [2.75, 3.05) is 26.4 Å². The number of aliphatic hydroxyl groups excluding tert-OH is 1. The monoisotopic (exact) mass is 480 g/mol. The number of carbonyl (C=O) groups excluding carboxylic acids is 1. The minimum absolute atomic E-state index is 0.0490. The first-order chi connectivity index (χ1) is 16.8. The molecule has 4 aliphatic rings. The third kappa shape index (κ3) is 4.91. The van der Waals surface area contributed by atoms with Crippen molar-refractivity contribution < 1.29 is 19.4 Å².